The molecular weight excluding hydrogens is 324 g/mol. The highest BCUT2D eigenvalue weighted by atomic mass is 32.2. The van der Waals surface area contributed by atoms with Crippen LogP contribution < -0.4 is 10.1 Å². The molecule has 0 spiro atoms. The van der Waals surface area contributed by atoms with Crippen LogP contribution in [0.1, 0.15) is 6.92 Å². The number of amides is 1. The van der Waals surface area contributed by atoms with Crippen molar-refractivity contribution in [1.29, 1.82) is 0 Å². The van der Waals surface area contributed by atoms with Gasteiger partial charge >= 0.3 is 5.97 Å². The van der Waals surface area contributed by atoms with Crippen LogP contribution in [-0.4, -0.2) is 17.6 Å². The molecule has 4 nitrogen and oxygen atoms in total. The fraction of sp³-hybridized carbons (Fsp3) is 0.125. The maximum atomic E-state index is 13.4. The zero-order chi connectivity index (χ0) is 16.8. The fourth-order valence-electron chi connectivity index (χ4n) is 1.70. The number of hydrogen-bond donors (Lipinski definition) is 1. The summed E-state index contributed by atoms with van der Waals surface area (Å²) in [6, 6.07) is 9.41. The van der Waals surface area contributed by atoms with Crippen molar-refractivity contribution in [2.45, 2.75) is 11.8 Å². The van der Waals surface area contributed by atoms with Crippen LogP contribution in [0.25, 0.3) is 0 Å². The van der Waals surface area contributed by atoms with Gasteiger partial charge in [0, 0.05) is 23.6 Å². The van der Waals surface area contributed by atoms with E-state index >= 15 is 0 Å². The Labute approximate surface area is 135 Å². The van der Waals surface area contributed by atoms with Gasteiger partial charge in [0.25, 0.3) is 0 Å². The molecule has 0 aliphatic carbocycles. The van der Waals surface area contributed by atoms with Gasteiger partial charge in [0.15, 0.2) is 0 Å². The summed E-state index contributed by atoms with van der Waals surface area (Å²) in [6.45, 7) is 1.39. The van der Waals surface area contributed by atoms with E-state index in [9.17, 15) is 18.4 Å². The quantitative estimate of drug-likeness (QED) is 0.514. The standard InChI is InChI=1S/C16H13F2NO3S/c1-10(20)19-12-3-5-13(6-4-12)22-16(21)9-23-15-7-2-11(17)8-14(15)18/h2-8H,9H2,1H3,(H,19,20). The molecule has 0 heterocycles. The molecule has 0 atom stereocenters. The van der Waals surface area contributed by atoms with E-state index in [2.05, 4.69) is 5.32 Å². The molecular formula is C16H13F2NO3S. The summed E-state index contributed by atoms with van der Waals surface area (Å²) in [7, 11) is 0. The number of carbonyl (C=O) groups excluding carboxylic acids is 2. The number of nitrogens with one attached hydrogen (secondary N) is 1. The van der Waals surface area contributed by atoms with Crippen molar-refractivity contribution in [3.8, 4) is 5.75 Å². The molecule has 2 rings (SSSR count). The number of thioether (sulfide) groups is 1. The number of hydrogen-bond acceptors (Lipinski definition) is 4. The second kappa shape index (κ2) is 7.73. The minimum absolute atomic E-state index is 0.115. The van der Waals surface area contributed by atoms with Gasteiger partial charge in [-0.25, -0.2) is 8.78 Å². The van der Waals surface area contributed by atoms with Crippen LogP contribution in [0.2, 0.25) is 0 Å². The molecule has 2 aromatic carbocycles. The first-order valence-corrected chi connectivity index (χ1v) is 7.59. The molecule has 0 aliphatic rings. The van der Waals surface area contributed by atoms with E-state index in [-0.39, 0.29) is 16.6 Å². The Kier molecular flexibility index (Phi) is 5.70. The first-order valence-electron chi connectivity index (χ1n) is 6.60. The molecule has 0 bridgehead atoms. The number of benzene rings is 2. The number of esters is 1. The van der Waals surface area contributed by atoms with Gasteiger partial charge in [-0.2, -0.15) is 0 Å². The number of anilines is 1. The molecule has 0 radical (unpaired) electrons. The predicted molar refractivity (Wildman–Crippen MR) is 83.5 cm³/mol. The smallest absolute Gasteiger partial charge is 0.321 e. The summed E-state index contributed by atoms with van der Waals surface area (Å²) in [5.74, 6) is -1.96. The molecule has 120 valence electrons. The summed E-state index contributed by atoms with van der Waals surface area (Å²) in [6.07, 6.45) is 0. The minimum Gasteiger partial charge on any atom is -0.426 e. The Balaban J connectivity index is 1.88. The SMILES string of the molecule is CC(=O)Nc1ccc(OC(=O)CSc2ccc(F)cc2F)cc1. The molecule has 2 aromatic rings. The van der Waals surface area contributed by atoms with Gasteiger partial charge in [-0.15, -0.1) is 11.8 Å². The van der Waals surface area contributed by atoms with E-state index in [1.54, 1.807) is 12.1 Å². The summed E-state index contributed by atoms with van der Waals surface area (Å²) in [5, 5.41) is 2.59. The van der Waals surface area contributed by atoms with Crippen molar-refractivity contribution >= 4 is 29.3 Å². The van der Waals surface area contributed by atoms with Crippen molar-refractivity contribution in [3.63, 3.8) is 0 Å². The van der Waals surface area contributed by atoms with E-state index in [1.165, 1.54) is 25.1 Å². The summed E-state index contributed by atoms with van der Waals surface area (Å²) >= 11 is 0.921. The molecule has 0 fully saturated rings. The molecule has 0 saturated carbocycles. The van der Waals surface area contributed by atoms with Crippen molar-refractivity contribution in [2.75, 3.05) is 11.1 Å². The zero-order valence-corrected chi connectivity index (χ0v) is 13.0. The van der Waals surface area contributed by atoms with Gasteiger partial charge in [0.1, 0.15) is 17.4 Å². The average molecular weight is 337 g/mol. The van der Waals surface area contributed by atoms with Gasteiger partial charge in [-0.3, -0.25) is 9.59 Å². The van der Waals surface area contributed by atoms with Crippen LogP contribution in [0, 0.1) is 11.6 Å². The van der Waals surface area contributed by atoms with E-state index in [1.807, 2.05) is 0 Å². The van der Waals surface area contributed by atoms with Crippen LogP contribution in [-0.2, 0) is 9.59 Å². The number of ether oxygens (including phenoxy) is 1. The Morgan fingerprint density at radius 3 is 2.43 bits per heavy atom. The van der Waals surface area contributed by atoms with Crippen molar-refractivity contribution in [3.05, 3.63) is 54.1 Å². The number of rotatable bonds is 5. The molecule has 1 N–H and O–H groups in total. The van der Waals surface area contributed by atoms with Crippen LogP contribution in [0.15, 0.2) is 47.4 Å². The van der Waals surface area contributed by atoms with E-state index in [4.69, 9.17) is 4.74 Å². The lowest BCUT2D eigenvalue weighted by atomic mass is 10.3. The van der Waals surface area contributed by atoms with Gasteiger partial charge in [-0.05, 0) is 36.4 Å². The molecule has 0 aromatic heterocycles. The maximum Gasteiger partial charge on any atom is 0.321 e. The third-order valence-corrected chi connectivity index (χ3v) is 3.67. The summed E-state index contributed by atoms with van der Waals surface area (Å²) in [5.41, 5.74) is 0.583. The third kappa shape index (κ3) is 5.37. The fourth-order valence-corrected chi connectivity index (χ4v) is 2.39. The molecule has 23 heavy (non-hydrogen) atoms. The van der Waals surface area contributed by atoms with E-state index in [0.29, 0.717) is 11.4 Å². The topological polar surface area (TPSA) is 55.4 Å². The number of halogens is 2. The lowest BCUT2D eigenvalue weighted by molar-refractivity contribution is -0.131. The Hall–Kier alpha value is -2.41. The van der Waals surface area contributed by atoms with Crippen molar-refractivity contribution < 1.29 is 23.1 Å². The third-order valence-electron chi connectivity index (χ3n) is 2.65. The van der Waals surface area contributed by atoms with Crippen LogP contribution >= 0.6 is 11.8 Å². The molecule has 1 amide bonds. The van der Waals surface area contributed by atoms with Crippen LogP contribution in [0.4, 0.5) is 14.5 Å². The first kappa shape index (κ1) is 17.0. The Morgan fingerprint density at radius 1 is 1.13 bits per heavy atom. The Morgan fingerprint density at radius 2 is 1.83 bits per heavy atom. The van der Waals surface area contributed by atoms with E-state index < -0.39 is 17.6 Å². The second-order valence-corrected chi connectivity index (χ2v) is 5.56. The monoisotopic (exact) mass is 337 g/mol. The molecule has 0 saturated heterocycles. The largest absolute Gasteiger partial charge is 0.426 e. The highest BCUT2D eigenvalue weighted by Gasteiger charge is 2.10. The Bertz CT molecular complexity index is 720. The lowest BCUT2D eigenvalue weighted by Gasteiger charge is -2.06. The van der Waals surface area contributed by atoms with Gasteiger partial charge < -0.3 is 10.1 Å². The van der Waals surface area contributed by atoms with Crippen LogP contribution in [0.3, 0.4) is 0 Å². The summed E-state index contributed by atoms with van der Waals surface area (Å²) < 4.78 is 31.3. The van der Waals surface area contributed by atoms with Crippen LogP contribution in [0.5, 0.6) is 5.75 Å². The maximum absolute atomic E-state index is 13.4. The normalized spacial score (nSPS) is 10.2. The van der Waals surface area contributed by atoms with Crippen molar-refractivity contribution in [2.24, 2.45) is 0 Å². The molecule has 0 aliphatic heterocycles. The predicted octanol–water partition coefficient (Wildman–Crippen LogP) is 3.62. The highest BCUT2D eigenvalue weighted by Crippen LogP contribution is 2.23. The first-order chi connectivity index (χ1) is 10.9. The number of carbonyl (C=O) groups is 2. The average Bonchev–Trinajstić information content (AvgIpc) is 2.48. The summed E-state index contributed by atoms with van der Waals surface area (Å²) in [4.78, 5) is 22.8. The highest BCUT2D eigenvalue weighted by molar-refractivity contribution is 8.00. The second-order valence-electron chi connectivity index (χ2n) is 4.54. The zero-order valence-electron chi connectivity index (χ0n) is 12.1. The molecule has 0 unspecified atom stereocenters. The van der Waals surface area contributed by atoms with Crippen molar-refractivity contribution in [1.82, 2.24) is 0 Å². The van der Waals surface area contributed by atoms with Gasteiger partial charge in [0.2, 0.25) is 5.91 Å². The molecule has 7 heteroatoms. The van der Waals surface area contributed by atoms with Gasteiger partial charge in [0.05, 0.1) is 5.75 Å². The lowest BCUT2D eigenvalue weighted by Crippen LogP contribution is -2.11. The minimum atomic E-state index is -0.720. The van der Waals surface area contributed by atoms with E-state index in [0.717, 1.165) is 23.9 Å². The van der Waals surface area contributed by atoms with Gasteiger partial charge in [-0.1, -0.05) is 0 Å².